The zero-order valence-electron chi connectivity index (χ0n) is 11.3. The molecule has 1 aromatic rings. The first-order chi connectivity index (χ1) is 7.88. The van der Waals surface area contributed by atoms with Crippen LogP contribution >= 0.6 is 0 Å². The molecule has 1 heterocycles. The van der Waals surface area contributed by atoms with Crippen molar-refractivity contribution in [2.75, 3.05) is 0 Å². The Hall–Kier alpha value is -0.860. The lowest BCUT2D eigenvalue weighted by atomic mass is 9.92. The van der Waals surface area contributed by atoms with Gasteiger partial charge in [-0.1, -0.05) is 20.8 Å². The highest BCUT2D eigenvalue weighted by Gasteiger charge is 2.25. The molecule has 0 spiro atoms. The van der Waals surface area contributed by atoms with E-state index >= 15 is 0 Å². The second-order valence-corrected chi connectivity index (χ2v) is 6.27. The average Bonchev–Trinajstić information content (AvgIpc) is 2.61. The Kier molecular flexibility index (Phi) is 3.28. The van der Waals surface area contributed by atoms with Crippen LogP contribution < -0.4 is 0 Å². The zero-order chi connectivity index (χ0) is 12.6. The second-order valence-electron chi connectivity index (χ2n) is 6.27. The van der Waals surface area contributed by atoms with Crippen LogP contribution in [0, 0.1) is 6.92 Å². The summed E-state index contributed by atoms with van der Waals surface area (Å²) in [7, 11) is 0. The van der Waals surface area contributed by atoms with Crippen molar-refractivity contribution < 1.29 is 4.39 Å². The molecular formula is C14H23FN2. The third-order valence-corrected chi connectivity index (χ3v) is 3.66. The minimum atomic E-state index is -0.593. The van der Waals surface area contributed by atoms with E-state index < -0.39 is 6.17 Å². The number of rotatable bonds is 1. The Morgan fingerprint density at radius 1 is 1.24 bits per heavy atom. The van der Waals surface area contributed by atoms with Gasteiger partial charge in [0.25, 0.3) is 0 Å². The normalized spacial score (nSPS) is 26.2. The molecule has 0 radical (unpaired) electrons. The van der Waals surface area contributed by atoms with Crippen LogP contribution in [0.1, 0.15) is 63.9 Å². The van der Waals surface area contributed by atoms with Gasteiger partial charge in [-0.25, -0.2) is 4.39 Å². The Morgan fingerprint density at radius 3 is 2.29 bits per heavy atom. The van der Waals surface area contributed by atoms with E-state index in [-0.39, 0.29) is 5.41 Å². The number of aromatic nitrogens is 2. The summed E-state index contributed by atoms with van der Waals surface area (Å²) in [5, 5.41) is 4.72. The third-order valence-electron chi connectivity index (χ3n) is 3.66. The number of aryl methyl sites for hydroxylation is 1. The smallest absolute Gasteiger partial charge is 0.100 e. The molecule has 17 heavy (non-hydrogen) atoms. The van der Waals surface area contributed by atoms with Crippen molar-refractivity contribution in [3.63, 3.8) is 0 Å². The van der Waals surface area contributed by atoms with Gasteiger partial charge < -0.3 is 0 Å². The quantitative estimate of drug-likeness (QED) is 0.724. The molecule has 0 atom stereocenters. The summed E-state index contributed by atoms with van der Waals surface area (Å²) in [6.07, 6.45) is 2.63. The fraction of sp³-hybridized carbons (Fsp3) is 0.786. The van der Waals surface area contributed by atoms with Crippen molar-refractivity contribution in [2.45, 2.75) is 71.0 Å². The second kappa shape index (κ2) is 4.43. The van der Waals surface area contributed by atoms with Crippen molar-refractivity contribution in [2.24, 2.45) is 0 Å². The van der Waals surface area contributed by atoms with Gasteiger partial charge in [-0.05, 0) is 38.7 Å². The lowest BCUT2D eigenvalue weighted by Crippen LogP contribution is -2.21. The maximum Gasteiger partial charge on any atom is 0.100 e. The van der Waals surface area contributed by atoms with Gasteiger partial charge in [0.05, 0.1) is 11.7 Å². The fourth-order valence-electron chi connectivity index (χ4n) is 2.50. The summed E-state index contributed by atoms with van der Waals surface area (Å²) in [6.45, 7) is 8.64. The molecule has 0 unspecified atom stereocenters. The van der Waals surface area contributed by atoms with Crippen molar-refractivity contribution >= 4 is 0 Å². The monoisotopic (exact) mass is 238 g/mol. The molecule has 1 fully saturated rings. The van der Waals surface area contributed by atoms with E-state index in [0.717, 1.165) is 18.5 Å². The highest BCUT2D eigenvalue weighted by atomic mass is 19.1. The van der Waals surface area contributed by atoms with Gasteiger partial charge in [0.2, 0.25) is 0 Å². The van der Waals surface area contributed by atoms with Crippen LogP contribution in [0.3, 0.4) is 0 Å². The zero-order valence-corrected chi connectivity index (χ0v) is 11.3. The molecule has 3 heteroatoms. The van der Waals surface area contributed by atoms with E-state index in [9.17, 15) is 4.39 Å². The molecule has 0 bridgehead atoms. The standard InChI is InChI=1S/C14H23FN2/c1-10-9-13(14(2,3)4)16-17(10)12-7-5-11(15)6-8-12/h9,11-12H,5-8H2,1-4H3. The highest BCUT2D eigenvalue weighted by Crippen LogP contribution is 2.32. The molecule has 0 saturated heterocycles. The fourth-order valence-corrected chi connectivity index (χ4v) is 2.50. The summed E-state index contributed by atoms with van der Waals surface area (Å²) in [5.41, 5.74) is 2.43. The first-order valence-corrected chi connectivity index (χ1v) is 6.58. The van der Waals surface area contributed by atoms with E-state index in [4.69, 9.17) is 5.10 Å². The summed E-state index contributed by atoms with van der Waals surface area (Å²) in [4.78, 5) is 0. The van der Waals surface area contributed by atoms with Gasteiger partial charge in [-0.15, -0.1) is 0 Å². The lowest BCUT2D eigenvalue weighted by Gasteiger charge is -2.25. The molecule has 2 nitrogen and oxygen atoms in total. The molecule has 1 aliphatic rings. The van der Waals surface area contributed by atoms with Crippen molar-refractivity contribution in [3.05, 3.63) is 17.5 Å². The first kappa shape index (κ1) is 12.6. The molecule has 0 N–H and O–H groups in total. The van der Waals surface area contributed by atoms with Gasteiger partial charge >= 0.3 is 0 Å². The van der Waals surface area contributed by atoms with E-state index in [0.29, 0.717) is 18.9 Å². The van der Waals surface area contributed by atoms with Gasteiger partial charge in [-0.3, -0.25) is 4.68 Å². The van der Waals surface area contributed by atoms with Gasteiger partial charge in [0.1, 0.15) is 6.17 Å². The molecule has 2 rings (SSSR count). The predicted molar refractivity (Wildman–Crippen MR) is 68.1 cm³/mol. The van der Waals surface area contributed by atoms with Crippen LogP contribution in [-0.4, -0.2) is 16.0 Å². The van der Waals surface area contributed by atoms with E-state index in [1.807, 2.05) is 0 Å². The highest BCUT2D eigenvalue weighted by molar-refractivity contribution is 5.17. The molecule has 1 aromatic heterocycles. The number of hydrogen-bond donors (Lipinski definition) is 0. The molecule has 1 aliphatic carbocycles. The number of nitrogens with zero attached hydrogens (tertiary/aromatic N) is 2. The first-order valence-electron chi connectivity index (χ1n) is 6.58. The Labute approximate surface area is 103 Å². The molecule has 0 aromatic carbocycles. The van der Waals surface area contributed by atoms with Crippen LogP contribution in [0.5, 0.6) is 0 Å². The molecule has 1 saturated carbocycles. The van der Waals surface area contributed by atoms with Crippen LogP contribution in [0.4, 0.5) is 4.39 Å². The predicted octanol–water partition coefficient (Wildman–Crippen LogP) is 3.94. The minimum absolute atomic E-state index is 0.0906. The van der Waals surface area contributed by atoms with E-state index in [2.05, 4.69) is 38.4 Å². The van der Waals surface area contributed by atoms with Gasteiger partial charge in [-0.2, -0.15) is 5.10 Å². The Morgan fingerprint density at radius 2 is 1.82 bits per heavy atom. The van der Waals surface area contributed by atoms with Crippen LogP contribution in [0.2, 0.25) is 0 Å². The average molecular weight is 238 g/mol. The van der Waals surface area contributed by atoms with Gasteiger partial charge in [0, 0.05) is 11.1 Å². The molecule has 0 amide bonds. The SMILES string of the molecule is Cc1cc(C(C)(C)C)nn1C1CCC(F)CC1. The summed E-state index contributed by atoms with van der Waals surface area (Å²) in [5.74, 6) is 0. The Balaban J connectivity index is 2.19. The van der Waals surface area contributed by atoms with Gasteiger partial charge in [0.15, 0.2) is 0 Å². The van der Waals surface area contributed by atoms with Crippen LogP contribution in [0.15, 0.2) is 6.07 Å². The largest absolute Gasteiger partial charge is 0.267 e. The molecular weight excluding hydrogens is 215 g/mol. The van der Waals surface area contributed by atoms with E-state index in [1.54, 1.807) is 0 Å². The van der Waals surface area contributed by atoms with Crippen LogP contribution in [0.25, 0.3) is 0 Å². The van der Waals surface area contributed by atoms with Crippen LogP contribution in [-0.2, 0) is 5.41 Å². The Bertz CT molecular complexity index is 381. The molecule has 96 valence electrons. The topological polar surface area (TPSA) is 17.8 Å². The maximum atomic E-state index is 13.1. The number of hydrogen-bond acceptors (Lipinski definition) is 1. The molecule has 0 aliphatic heterocycles. The maximum absolute atomic E-state index is 13.1. The van der Waals surface area contributed by atoms with Crippen molar-refractivity contribution in [3.8, 4) is 0 Å². The summed E-state index contributed by atoms with van der Waals surface area (Å²) >= 11 is 0. The summed E-state index contributed by atoms with van der Waals surface area (Å²) < 4.78 is 15.3. The number of alkyl halides is 1. The summed E-state index contributed by atoms with van der Waals surface area (Å²) in [6, 6.07) is 2.57. The van der Waals surface area contributed by atoms with Crippen molar-refractivity contribution in [1.82, 2.24) is 9.78 Å². The third kappa shape index (κ3) is 2.70. The number of halogens is 1. The van der Waals surface area contributed by atoms with E-state index in [1.165, 1.54) is 5.69 Å². The minimum Gasteiger partial charge on any atom is -0.267 e. The van der Waals surface area contributed by atoms with Crippen molar-refractivity contribution in [1.29, 1.82) is 0 Å². The lowest BCUT2D eigenvalue weighted by molar-refractivity contribution is 0.199.